The molecule has 0 aliphatic heterocycles. The number of amides is 1. The molecule has 0 radical (unpaired) electrons. The highest BCUT2D eigenvalue weighted by Crippen LogP contribution is 2.22. The van der Waals surface area contributed by atoms with E-state index in [1.165, 1.54) is 32.4 Å². The molecule has 0 heterocycles. The van der Waals surface area contributed by atoms with Crippen molar-refractivity contribution >= 4 is 17.6 Å². The maximum atomic E-state index is 11.7. The molecule has 20 heavy (non-hydrogen) atoms. The largest absolute Gasteiger partial charge is 0.482 e. The van der Waals surface area contributed by atoms with Gasteiger partial charge in [0.05, 0.1) is 17.9 Å². The molecule has 0 bridgehead atoms. The minimum absolute atomic E-state index is 0.141. The Balaban J connectivity index is 2.62. The van der Waals surface area contributed by atoms with Gasteiger partial charge >= 0.3 is 5.97 Å². The molecule has 0 spiro atoms. The second-order valence-corrected chi connectivity index (χ2v) is 3.84. The Morgan fingerprint density at radius 1 is 1.30 bits per heavy atom. The van der Waals surface area contributed by atoms with Gasteiger partial charge in [-0.15, -0.1) is 0 Å². The van der Waals surface area contributed by atoms with Crippen molar-refractivity contribution in [2.75, 3.05) is 39.7 Å². The lowest BCUT2D eigenvalue weighted by molar-refractivity contribution is -0.122. The first-order valence-corrected chi connectivity index (χ1v) is 5.97. The van der Waals surface area contributed by atoms with Crippen molar-refractivity contribution < 1.29 is 23.8 Å². The van der Waals surface area contributed by atoms with Gasteiger partial charge in [0, 0.05) is 14.2 Å². The van der Waals surface area contributed by atoms with E-state index in [9.17, 15) is 9.59 Å². The number of methoxy groups -OCH3 is 1. The van der Waals surface area contributed by atoms with E-state index in [1.54, 1.807) is 0 Å². The average molecular weight is 282 g/mol. The number of hydrogen-bond donors (Lipinski definition) is 2. The van der Waals surface area contributed by atoms with Crippen LogP contribution in [0.4, 0.5) is 5.69 Å². The number of nitrogens with two attached hydrogens (primary N) is 1. The number of carbonyl (C=O) groups excluding carboxylic acids is 2. The fourth-order valence-electron chi connectivity index (χ4n) is 1.32. The van der Waals surface area contributed by atoms with E-state index in [2.05, 4.69) is 5.32 Å². The predicted octanol–water partition coefficient (Wildman–Crippen LogP) is 0.197. The van der Waals surface area contributed by atoms with Gasteiger partial charge in [-0.25, -0.2) is 4.79 Å². The third-order valence-corrected chi connectivity index (χ3v) is 2.40. The van der Waals surface area contributed by atoms with Crippen molar-refractivity contribution in [1.29, 1.82) is 0 Å². The van der Waals surface area contributed by atoms with Crippen LogP contribution in [-0.4, -0.2) is 45.9 Å². The number of carbonyl (C=O) groups is 2. The van der Waals surface area contributed by atoms with Gasteiger partial charge in [-0.3, -0.25) is 4.79 Å². The number of nitrogens with one attached hydrogen (secondary N) is 1. The van der Waals surface area contributed by atoms with Gasteiger partial charge in [0.2, 0.25) is 0 Å². The molecule has 0 atom stereocenters. The van der Waals surface area contributed by atoms with Gasteiger partial charge in [-0.2, -0.15) is 0 Å². The Kier molecular flexibility index (Phi) is 6.31. The second kappa shape index (κ2) is 8.00. The fraction of sp³-hybridized carbons (Fsp3) is 0.385. The van der Waals surface area contributed by atoms with Crippen LogP contribution in [0.5, 0.6) is 5.75 Å². The van der Waals surface area contributed by atoms with E-state index in [4.69, 9.17) is 19.9 Å². The van der Waals surface area contributed by atoms with Gasteiger partial charge in [-0.1, -0.05) is 0 Å². The summed E-state index contributed by atoms with van der Waals surface area (Å²) < 4.78 is 14.9. The zero-order valence-electron chi connectivity index (χ0n) is 11.5. The summed E-state index contributed by atoms with van der Waals surface area (Å²) in [6.45, 7) is 0.358. The number of likely N-dealkylation sites (N-methyl/N-ethyl adjacent to an activating group) is 1. The Hall–Kier alpha value is -2.28. The van der Waals surface area contributed by atoms with Crippen LogP contribution in [0.25, 0.3) is 0 Å². The predicted molar refractivity (Wildman–Crippen MR) is 72.6 cm³/mol. The molecule has 0 unspecified atom stereocenters. The Labute approximate surface area is 117 Å². The minimum atomic E-state index is -0.494. The third kappa shape index (κ3) is 4.77. The molecule has 0 aliphatic rings. The average Bonchev–Trinajstić information content (AvgIpc) is 2.45. The van der Waals surface area contributed by atoms with E-state index in [1.807, 2.05) is 0 Å². The van der Waals surface area contributed by atoms with Crippen LogP contribution in [-0.2, 0) is 14.3 Å². The summed E-state index contributed by atoms with van der Waals surface area (Å²) in [7, 11) is 3.03. The molecule has 110 valence electrons. The first-order valence-electron chi connectivity index (χ1n) is 5.97. The van der Waals surface area contributed by atoms with Crippen LogP contribution < -0.4 is 15.8 Å². The normalized spacial score (nSPS) is 9.90. The highest BCUT2D eigenvalue weighted by atomic mass is 16.6. The number of ether oxygens (including phenoxy) is 3. The molecule has 1 aromatic rings. The first-order chi connectivity index (χ1) is 9.58. The lowest BCUT2D eigenvalue weighted by Crippen LogP contribution is -2.25. The van der Waals surface area contributed by atoms with Gasteiger partial charge in [0.15, 0.2) is 6.61 Å². The second-order valence-electron chi connectivity index (χ2n) is 3.84. The standard InChI is InChI=1S/C13H18N2O5/c1-15-12(16)8-20-11-4-3-9(7-10(11)14)13(17)19-6-5-18-2/h3-4,7H,5-6,8,14H2,1-2H3,(H,15,16). The van der Waals surface area contributed by atoms with Gasteiger partial charge < -0.3 is 25.3 Å². The SMILES string of the molecule is CNC(=O)COc1ccc(C(=O)OCCOC)cc1N. The highest BCUT2D eigenvalue weighted by molar-refractivity contribution is 5.91. The zero-order chi connectivity index (χ0) is 15.0. The summed E-state index contributed by atoms with van der Waals surface area (Å²) in [6, 6.07) is 4.48. The van der Waals surface area contributed by atoms with Crippen molar-refractivity contribution in [1.82, 2.24) is 5.32 Å². The number of nitrogen functional groups attached to an aromatic ring is 1. The van der Waals surface area contributed by atoms with Crippen LogP contribution in [0.2, 0.25) is 0 Å². The lowest BCUT2D eigenvalue weighted by Gasteiger charge is -2.09. The Bertz CT molecular complexity index is 476. The summed E-state index contributed by atoms with van der Waals surface area (Å²) in [6.07, 6.45) is 0. The highest BCUT2D eigenvalue weighted by Gasteiger charge is 2.11. The molecule has 1 amide bonds. The topological polar surface area (TPSA) is 99.9 Å². The van der Waals surface area contributed by atoms with Crippen LogP contribution in [0.3, 0.4) is 0 Å². The van der Waals surface area contributed by atoms with Gasteiger partial charge in [0.25, 0.3) is 5.91 Å². The molecular weight excluding hydrogens is 264 g/mol. The van der Waals surface area contributed by atoms with Crippen molar-refractivity contribution in [3.05, 3.63) is 23.8 Å². The van der Waals surface area contributed by atoms with E-state index < -0.39 is 5.97 Å². The summed E-state index contributed by atoms with van der Waals surface area (Å²) in [5.41, 5.74) is 6.32. The minimum Gasteiger partial charge on any atom is -0.482 e. The lowest BCUT2D eigenvalue weighted by atomic mass is 10.2. The smallest absolute Gasteiger partial charge is 0.338 e. The van der Waals surface area contributed by atoms with E-state index >= 15 is 0 Å². The van der Waals surface area contributed by atoms with Crippen molar-refractivity contribution in [3.63, 3.8) is 0 Å². The maximum absolute atomic E-state index is 11.7. The first kappa shape index (κ1) is 15.8. The van der Waals surface area contributed by atoms with E-state index in [-0.39, 0.29) is 24.8 Å². The molecule has 0 aliphatic carbocycles. The monoisotopic (exact) mass is 282 g/mol. The van der Waals surface area contributed by atoms with Gasteiger partial charge in [-0.05, 0) is 18.2 Å². The zero-order valence-corrected chi connectivity index (χ0v) is 11.5. The number of benzene rings is 1. The molecule has 0 aromatic heterocycles. The maximum Gasteiger partial charge on any atom is 0.338 e. The quantitative estimate of drug-likeness (QED) is 0.421. The van der Waals surface area contributed by atoms with Crippen LogP contribution in [0.1, 0.15) is 10.4 Å². The number of anilines is 1. The Morgan fingerprint density at radius 2 is 2.05 bits per heavy atom. The van der Waals surface area contributed by atoms with E-state index in [0.29, 0.717) is 17.9 Å². The van der Waals surface area contributed by atoms with E-state index in [0.717, 1.165) is 0 Å². The fourth-order valence-corrected chi connectivity index (χ4v) is 1.32. The van der Waals surface area contributed by atoms with Crippen LogP contribution in [0.15, 0.2) is 18.2 Å². The molecule has 1 aromatic carbocycles. The summed E-state index contributed by atoms with van der Waals surface area (Å²) in [4.78, 5) is 22.7. The van der Waals surface area contributed by atoms with Crippen molar-refractivity contribution in [2.45, 2.75) is 0 Å². The molecule has 3 N–H and O–H groups in total. The molecular formula is C13H18N2O5. The molecule has 1 rings (SSSR count). The van der Waals surface area contributed by atoms with Crippen LogP contribution in [0, 0.1) is 0 Å². The molecule has 7 heteroatoms. The summed E-state index contributed by atoms with van der Waals surface area (Å²) >= 11 is 0. The molecule has 0 fully saturated rings. The number of esters is 1. The number of hydrogen-bond acceptors (Lipinski definition) is 6. The van der Waals surface area contributed by atoms with Crippen molar-refractivity contribution in [2.24, 2.45) is 0 Å². The molecule has 7 nitrogen and oxygen atoms in total. The number of rotatable bonds is 7. The molecule has 0 saturated carbocycles. The molecule has 0 saturated heterocycles. The summed E-state index contributed by atoms with van der Waals surface area (Å²) in [5.74, 6) is -0.430. The summed E-state index contributed by atoms with van der Waals surface area (Å²) in [5, 5.41) is 2.42. The van der Waals surface area contributed by atoms with Gasteiger partial charge in [0.1, 0.15) is 12.4 Å². The third-order valence-electron chi connectivity index (χ3n) is 2.40. The van der Waals surface area contributed by atoms with Crippen molar-refractivity contribution in [3.8, 4) is 5.75 Å². The Morgan fingerprint density at radius 3 is 2.65 bits per heavy atom. The van der Waals surface area contributed by atoms with Crippen LogP contribution >= 0.6 is 0 Å².